The third-order valence-electron chi connectivity index (χ3n) is 16.8. The van der Waals surface area contributed by atoms with Crippen molar-refractivity contribution in [3.63, 3.8) is 0 Å². The largest absolute Gasteiger partial charge is 0.394 e. The molecule has 0 saturated carbocycles. The van der Waals surface area contributed by atoms with Crippen molar-refractivity contribution in [2.45, 2.75) is 398 Å². The number of aliphatic hydroxyl groups is 2. The van der Waals surface area contributed by atoms with E-state index in [0.29, 0.717) is 6.42 Å². The number of unbranched alkanes of at least 4 members (excludes halogenated alkanes) is 49. The summed E-state index contributed by atoms with van der Waals surface area (Å²) in [5.41, 5.74) is 0. The monoisotopic (exact) mass is 1140 g/mol. The second-order valence-corrected chi connectivity index (χ2v) is 25.0. The predicted octanol–water partition coefficient (Wildman–Crippen LogP) is 25.4. The first-order valence-electron chi connectivity index (χ1n) is 36.8. The van der Waals surface area contributed by atoms with Gasteiger partial charge >= 0.3 is 0 Å². The summed E-state index contributed by atoms with van der Waals surface area (Å²) in [5, 5.41) is 23.3. The van der Waals surface area contributed by atoms with Gasteiger partial charge in [0.05, 0.1) is 18.8 Å². The topological polar surface area (TPSA) is 69.6 Å². The molecule has 2 unspecified atom stereocenters. The summed E-state index contributed by atoms with van der Waals surface area (Å²) < 4.78 is 0. The fourth-order valence-electron chi connectivity index (χ4n) is 11.3. The van der Waals surface area contributed by atoms with Gasteiger partial charge in [0.25, 0.3) is 0 Å². The Labute approximate surface area is 513 Å². The van der Waals surface area contributed by atoms with Crippen LogP contribution in [0.4, 0.5) is 0 Å². The van der Waals surface area contributed by atoms with Gasteiger partial charge in [0.2, 0.25) is 5.91 Å². The van der Waals surface area contributed by atoms with E-state index in [4.69, 9.17) is 0 Å². The number of nitrogens with one attached hydrogen (secondary N) is 1. The van der Waals surface area contributed by atoms with Gasteiger partial charge in [0.15, 0.2) is 0 Å². The van der Waals surface area contributed by atoms with Gasteiger partial charge in [-0.3, -0.25) is 4.79 Å². The van der Waals surface area contributed by atoms with Gasteiger partial charge in [0, 0.05) is 6.42 Å². The van der Waals surface area contributed by atoms with Crippen molar-refractivity contribution in [2.75, 3.05) is 6.61 Å². The molecular weight excluding hydrogens is 999 g/mol. The van der Waals surface area contributed by atoms with Gasteiger partial charge in [-0.2, -0.15) is 0 Å². The molecule has 82 heavy (non-hydrogen) atoms. The molecule has 0 aromatic heterocycles. The van der Waals surface area contributed by atoms with Crippen molar-refractivity contribution in [3.8, 4) is 0 Å². The summed E-state index contributed by atoms with van der Waals surface area (Å²) in [4.78, 5) is 12.5. The summed E-state index contributed by atoms with van der Waals surface area (Å²) in [6, 6.07) is -0.649. The highest BCUT2D eigenvalue weighted by Gasteiger charge is 2.18. The minimum absolute atomic E-state index is 0.0719. The molecule has 0 aromatic rings. The fourth-order valence-corrected chi connectivity index (χ4v) is 11.3. The van der Waals surface area contributed by atoms with Gasteiger partial charge in [-0.15, -0.1) is 0 Å². The highest BCUT2D eigenvalue weighted by Crippen LogP contribution is 2.19. The zero-order valence-corrected chi connectivity index (χ0v) is 55.3. The summed E-state index contributed by atoms with van der Waals surface area (Å²) >= 11 is 0. The van der Waals surface area contributed by atoms with Gasteiger partial charge in [-0.1, -0.05) is 381 Å². The second-order valence-electron chi connectivity index (χ2n) is 25.0. The van der Waals surface area contributed by atoms with Gasteiger partial charge in [0.1, 0.15) is 0 Å². The average Bonchev–Trinajstić information content (AvgIpc) is 3.50. The molecule has 0 aliphatic heterocycles. The molecule has 0 radical (unpaired) electrons. The third-order valence-corrected chi connectivity index (χ3v) is 16.8. The zero-order valence-electron chi connectivity index (χ0n) is 55.3. The highest BCUT2D eigenvalue weighted by atomic mass is 16.3. The van der Waals surface area contributed by atoms with Gasteiger partial charge in [-0.25, -0.2) is 0 Å². The quantitative estimate of drug-likeness (QED) is 0.0420. The van der Waals surface area contributed by atoms with E-state index in [1.165, 1.54) is 302 Å². The van der Waals surface area contributed by atoms with E-state index in [2.05, 4.69) is 92.1 Å². The van der Waals surface area contributed by atoms with E-state index < -0.39 is 12.1 Å². The van der Waals surface area contributed by atoms with Crippen LogP contribution in [0, 0.1) is 0 Å². The summed E-state index contributed by atoms with van der Waals surface area (Å²) in [7, 11) is 0. The molecule has 1 amide bonds. The molecular formula is C78H143NO3. The lowest BCUT2D eigenvalue weighted by atomic mass is 10.0. The second kappa shape index (κ2) is 72.8. The summed E-state index contributed by atoms with van der Waals surface area (Å²) in [5.74, 6) is -0.0719. The Morgan fingerprint density at radius 3 is 0.854 bits per heavy atom. The number of carbonyl (C=O) groups excluding carboxylic acids is 1. The van der Waals surface area contributed by atoms with Crippen LogP contribution in [0.15, 0.2) is 85.1 Å². The van der Waals surface area contributed by atoms with Crippen LogP contribution >= 0.6 is 0 Å². The number of hydrogen-bond donors (Lipinski definition) is 3. The minimum atomic E-state index is -0.874. The Kier molecular flexibility index (Phi) is 70.7. The molecule has 0 heterocycles. The highest BCUT2D eigenvalue weighted by molar-refractivity contribution is 5.76. The van der Waals surface area contributed by atoms with E-state index in [-0.39, 0.29) is 12.5 Å². The molecule has 0 saturated heterocycles. The van der Waals surface area contributed by atoms with Crippen LogP contribution in [0.2, 0.25) is 0 Å². The number of allylic oxidation sites excluding steroid dienone is 13. The van der Waals surface area contributed by atoms with Crippen molar-refractivity contribution >= 4 is 5.91 Å². The SMILES string of the molecule is CC/C=C\C/C=C\C/C=C\C/C=C\CCCCCCCCCCCCCCCCCCCCCCCCCCCCC(=O)NC(CO)C(O)/C=C/CC/C=C/CC/C=C/CCCCCCCCCCCCCCCCCCCCCCC. The average molecular weight is 1140 g/mol. The van der Waals surface area contributed by atoms with Gasteiger partial charge in [-0.05, 0) is 83.5 Å². The van der Waals surface area contributed by atoms with E-state index in [1.54, 1.807) is 6.08 Å². The molecule has 3 N–H and O–H groups in total. The maximum atomic E-state index is 12.5. The van der Waals surface area contributed by atoms with E-state index in [0.717, 1.165) is 64.2 Å². The number of hydrogen-bond acceptors (Lipinski definition) is 3. The Balaban J connectivity index is 3.46. The van der Waals surface area contributed by atoms with Crippen molar-refractivity contribution in [2.24, 2.45) is 0 Å². The van der Waals surface area contributed by atoms with Crippen LogP contribution in [0.5, 0.6) is 0 Å². The van der Waals surface area contributed by atoms with Gasteiger partial charge < -0.3 is 15.5 Å². The lowest BCUT2D eigenvalue weighted by Gasteiger charge is -2.19. The van der Waals surface area contributed by atoms with E-state index in [9.17, 15) is 15.0 Å². The number of carbonyl (C=O) groups is 1. The standard InChI is InChI=1S/C78H143NO3/c1-3-5-7-9-11-13-15-17-19-21-23-25-27-29-31-33-35-36-37-38-39-40-41-42-44-46-48-50-52-54-56-58-60-62-64-66-68-70-72-74-78(82)79-76(75-80)77(81)73-71-69-67-65-63-61-59-57-55-53-51-49-47-45-43-34-32-30-28-26-24-22-20-18-16-14-12-10-8-6-4-2/h5,7,11,13,17,19,23,25,55,57,63,65,71,73,76-77,80-81H,3-4,6,8-10,12,14-16,18,20-22,24,26-54,56,58-62,64,66-70,72,74-75H2,1-2H3,(H,79,82)/b7-5-,13-11-,19-17-,25-23-,57-55+,65-63+,73-71+. The first-order chi connectivity index (χ1) is 40.7. The Morgan fingerprint density at radius 1 is 0.305 bits per heavy atom. The van der Waals surface area contributed by atoms with Crippen molar-refractivity contribution in [1.29, 1.82) is 0 Å². The lowest BCUT2D eigenvalue weighted by molar-refractivity contribution is -0.123. The van der Waals surface area contributed by atoms with Crippen LogP contribution in [-0.4, -0.2) is 34.9 Å². The minimum Gasteiger partial charge on any atom is -0.394 e. The molecule has 478 valence electrons. The first-order valence-corrected chi connectivity index (χ1v) is 36.8. The maximum Gasteiger partial charge on any atom is 0.220 e. The summed E-state index contributed by atoms with van der Waals surface area (Å²) in [6.07, 6.45) is 107. The molecule has 0 spiro atoms. The van der Waals surface area contributed by atoms with E-state index in [1.807, 2.05) is 6.08 Å². The molecule has 0 rings (SSSR count). The number of aliphatic hydroxyl groups excluding tert-OH is 2. The number of amides is 1. The first kappa shape index (κ1) is 79.6. The van der Waals surface area contributed by atoms with Crippen molar-refractivity contribution in [1.82, 2.24) is 5.32 Å². The smallest absolute Gasteiger partial charge is 0.220 e. The molecule has 4 heteroatoms. The Hall–Kier alpha value is -2.43. The lowest BCUT2D eigenvalue weighted by Crippen LogP contribution is -2.45. The molecule has 0 aliphatic rings. The normalized spacial score (nSPS) is 13.2. The summed E-state index contributed by atoms with van der Waals surface area (Å²) in [6.45, 7) is 4.22. The van der Waals surface area contributed by atoms with E-state index >= 15 is 0 Å². The fraction of sp³-hybridized carbons (Fsp3) is 0.808. The molecule has 0 aliphatic carbocycles. The van der Waals surface area contributed by atoms with Crippen molar-refractivity contribution < 1.29 is 15.0 Å². The van der Waals surface area contributed by atoms with Crippen LogP contribution in [-0.2, 0) is 4.79 Å². The Bertz CT molecular complexity index is 1440. The predicted molar refractivity (Wildman–Crippen MR) is 368 cm³/mol. The molecule has 4 nitrogen and oxygen atoms in total. The third kappa shape index (κ3) is 68.4. The number of rotatable bonds is 68. The zero-order chi connectivity index (χ0) is 59.1. The van der Waals surface area contributed by atoms with Crippen LogP contribution in [0.1, 0.15) is 386 Å². The molecule has 0 fully saturated rings. The van der Waals surface area contributed by atoms with Crippen LogP contribution in [0.25, 0.3) is 0 Å². The molecule has 0 aromatic carbocycles. The van der Waals surface area contributed by atoms with Crippen LogP contribution < -0.4 is 5.32 Å². The molecule has 0 bridgehead atoms. The molecule has 2 atom stereocenters. The maximum absolute atomic E-state index is 12.5. The Morgan fingerprint density at radius 2 is 0.549 bits per heavy atom. The van der Waals surface area contributed by atoms with Crippen molar-refractivity contribution in [3.05, 3.63) is 85.1 Å². The van der Waals surface area contributed by atoms with Crippen LogP contribution in [0.3, 0.4) is 0 Å².